The number of hydrogen-bond acceptors (Lipinski definition) is 0. The summed E-state index contributed by atoms with van der Waals surface area (Å²) in [4.78, 5) is 0. The Morgan fingerprint density at radius 1 is 0.867 bits per heavy atom. The van der Waals surface area contributed by atoms with E-state index >= 15 is 0 Å². The summed E-state index contributed by atoms with van der Waals surface area (Å²) in [5, 5.41) is 0. The van der Waals surface area contributed by atoms with Crippen LogP contribution < -0.4 is 5.46 Å². The average molecular weight is 198 g/mol. The van der Waals surface area contributed by atoms with E-state index in [-0.39, 0.29) is 5.82 Å². The van der Waals surface area contributed by atoms with Crippen LogP contribution >= 0.6 is 0 Å². The van der Waals surface area contributed by atoms with Gasteiger partial charge < -0.3 is 0 Å². The van der Waals surface area contributed by atoms with Gasteiger partial charge in [-0.05, 0) is 17.8 Å². The van der Waals surface area contributed by atoms with Crippen LogP contribution in [0.15, 0.2) is 54.6 Å². The van der Waals surface area contributed by atoms with Crippen LogP contribution in [0.1, 0.15) is 5.56 Å². The zero-order chi connectivity index (χ0) is 10.5. The standard InChI is InChI=1S/C13H12BF/c15-13-9-5-4-8-12(13)14-10-11-6-2-1-3-7-11/h1-9,14H,10H2. The molecule has 2 rings (SSSR count). The van der Waals surface area contributed by atoms with Gasteiger partial charge in [0.25, 0.3) is 0 Å². The highest BCUT2D eigenvalue weighted by molar-refractivity contribution is 6.53. The minimum atomic E-state index is -0.103. The number of benzene rings is 2. The Bertz CT molecular complexity index is 426. The summed E-state index contributed by atoms with van der Waals surface area (Å²) >= 11 is 0. The van der Waals surface area contributed by atoms with Gasteiger partial charge in [0, 0.05) is 0 Å². The van der Waals surface area contributed by atoms with Crippen LogP contribution in [0.5, 0.6) is 0 Å². The fourth-order valence-corrected chi connectivity index (χ4v) is 1.62. The molecule has 2 heteroatoms. The van der Waals surface area contributed by atoms with E-state index in [4.69, 9.17) is 0 Å². The molecule has 0 aliphatic carbocycles. The Hall–Kier alpha value is -1.57. The van der Waals surface area contributed by atoms with Gasteiger partial charge in [-0.25, -0.2) is 4.39 Å². The third kappa shape index (κ3) is 2.69. The lowest BCUT2D eigenvalue weighted by Crippen LogP contribution is -2.20. The first-order valence-corrected chi connectivity index (χ1v) is 5.13. The molecule has 0 aliphatic rings. The van der Waals surface area contributed by atoms with Crippen molar-refractivity contribution >= 4 is 12.7 Å². The monoisotopic (exact) mass is 198 g/mol. The molecule has 0 atom stereocenters. The Balaban J connectivity index is 2.03. The van der Waals surface area contributed by atoms with E-state index in [0.717, 1.165) is 19.1 Å². The first-order chi connectivity index (χ1) is 7.36. The molecule has 0 radical (unpaired) electrons. The Morgan fingerprint density at radius 3 is 2.27 bits per heavy atom. The fourth-order valence-electron chi connectivity index (χ4n) is 1.62. The van der Waals surface area contributed by atoms with E-state index in [1.807, 2.05) is 30.3 Å². The lowest BCUT2D eigenvalue weighted by molar-refractivity contribution is 0.635. The molecule has 0 nitrogen and oxygen atoms in total. The number of halogens is 1. The van der Waals surface area contributed by atoms with E-state index in [2.05, 4.69) is 12.1 Å². The molecule has 0 unspecified atom stereocenters. The van der Waals surface area contributed by atoms with Crippen LogP contribution in [-0.4, -0.2) is 7.28 Å². The van der Waals surface area contributed by atoms with Crippen LogP contribution in [0.3, 0.4) is 0 Å². The second-order valence-corrected chi connectivity index (χ2v) is 3.58. The van der Waals surface area contributed by atoms with Gasteiger partial charge in [0.1, 0.15) is 5.82 Å². The summed E-state index contributed by atoms with van der Waals surface area (Å²) in [6, 6.07) is 17.1. The molecule has 0 fully saturated rings. The van der Waals surface area contributed by atoms with E-state index in [1.165, 1.54) is 11.6 Å². The van der Waals surface area contributed by atoms with Crippen molar-refractivity contribution in [2.45, 2.75) is 6.32 Å². The molecule has 2 aromatic rings. The second-order valence-electron chi connectivity index (χ2n) is 3.58. The van der Waals surface area contributed by atoms with Gasteiger partial charge in [-0.3, -0.25) is 0 Å². The van der Waals surface area contributed by atoms with Gasteiger partial charge in [-0.15, -0.1) is 0 Å². The highest BCUT2D eigenvalue weighted by Gasteiger charge is 2.02. The van der Waals surface area contributed by atoms with Crippen LogP contribution in [0.4, 0.5) is 4.39 Å². The average Bonchev–Trinajstić information content (AvgIpc) is 2.29. The second kappa shape index (κ2) is 4.78. The third-order valence-electron chi connectivity index (χ3n) is 2.48. The quantitative estimate of drug-likeness (QED) is 0.662. The molecule has 0 heterocycles. The topological polar surface area (TPSA) is 0 Å². The van der Waals surface area contributed by atoms with Crippen LogP contribution in [0.2, 0.25) is 0 Å². The molecule has 0 aliphatic heterocycles. The predicted molar refractivity (Wildman–Crippen MR) is 63.3 cm³/mol. The molecule has 0 N–H and O–H groups in total. The SMILES string of the molecule is Fc1ccccc1BCc1ccccc1. The van der Waals surface area contributed by atoms with Gasteiger partial charge in [-0.1, -0.05) is 54.1 Å². The lowest BCUT2D eigenvalue weighted by Gasteiger charge is -2.01. The molecular weight excluding hydrogens is 186 g/mol. The zero-order valence-corrected chi connectivity index (χ0v) is 8.49. The highest BCUT2D eigenvalue weighted by Crippen LogP contribution is 1.99. The summed E-state index contributed by atoms with van der Waals surface area (Å²) < 4.78 is 13.3. The Kier molecular flexibility index (Phi) is 3.18. The molecule has 0 saturated heterocycles. The molecule has 2 aromatic carbocycles. The molecular formula is C13H12BF. The Morgan fingerprint density at radius 2 is 1.53 bits per heavy atom. The van der Waals surface area contributed by atoms with Crippen molar-refractivity contribution in [3.8, 4) is 0 Å². The molecule has 74 valence electrons. The number of hydrogen-bond donors (Lipinski definition) is 0. The van der Waals surface area contributed by atoms with Crippen molar-refractivity contribution in [3.63, 3.8) is 0 Å². The van der Waals surface area contributed by atoms with Crippen molar-refractivity contribution < 1.29 is 4.39 Å². The first kappa shape index (κ1) is 9.97. The summed E-state index contributed by atoms with van der Waals surface area (Å²) in [5.74, 6) is -0.103. The summed E-state index contributed by atoms with van der Waals surface area (Å²) in [6.07, 6.45) is 0.891. The van der Waals surface area contributed by atoms with Gasteiger partial charge >= 0.3 is 0 Å². The van der Waals surface area contributed by atoms with Gasteiger partial charge in [-0.2, -0.15) is 0 Å². The summed E-state index contributed by atoms with van der Waals surface area (Å²) in [5.41, 5.74) is 2.04. The molecule has 15 heavy (non-hydrogen) atoms. The maximum Gasteiger partial charge on any atom is 0.166 e. The van der Waals surface area contributed by atoms with Gasteiger partial charge in [0.05, 0.1) is 0 Å². The van der Waals surface area contributed by atoms with E-state index in [1.54, 1.807) is 6.07 Å². The van der Waals surface area contributed by atoms with Crippen LogP contribution in [0, 0.1) is 5.82 Å². The fraction of sp³-hybridized carbons (Fsp3) is 0.0769. The molecule has 0 amide bonds. The Labute approximate surface area is 90.0 Å². The lowest BCUT2D eigenvalue weighted by atomic mass is 9.65. The normalized spacial score (nSPS) is 9.93. The minimum absolute atomic E-state index is 0.103. The minimum Gasteiger partial charge on any atom is -0.208 e. The van der Waals surface area contributed by atoms with Crippen LogP contribution in [-0.2, 0) is 6.32 Å². The van der Waals surface area contributed by atoms with E-state index in [9.17, 15) is 4.39 Å². The molecule has 0 bridgehead atoms. The van der Waals surface area contributed by atoms with Gasteiger partial charge in [0.15, 0.2) is 7.28 Å². The number of rotatable bonds is 3. The maximum absolute atomic E-state index is 13.3. The van der Waals surface area contributed by atoms with Crippen molar-refractivity contribution in [2.24, 2.45) is 0 Å². The highest BCUT2D eigenvalue weighted by atomic mass is 19.1. The first-order valence-electron chi connectivity index (χ1n) is 5.13. The van der Waals surface area contributed by atoms with Crippen molar-refractivity contribution in [3.05, 3.63) is 66.0 Å². The maximum atomic E-state index is 13.3. The third-order valence-corrected chi connectivity index (χ3v) is 2.48. The van der Waals surface area contributed by atoms with Crippen molar-refractivity contribution in [1.29, 1.82) is 0 Å². The molecule has 0 aromatic heterocycles. The molecule has 0 spiro atoms. The van der Waals surface area contributed by atoms with Crippen molar-refractivity contribution in [2.75, 3.05) is 0 Å². The van der Waals surface area contributed by atoms with Crippen LogP contribution in [0.25, 0.3) is 0 Å². The zero-order valence-electron chi connectivity index (χ0n) is 8.49. The van der Waals surface area contributed by atoms with Gasteiger partial charge in [0.2, 0.25) is 0 Å². The predicted octanol–water partition coefficient (Wildman–Crippen LogP) is 2.09. The molecule has 0 saturated carbocycles. The summed E-state index contributed by atoms with van der Waals surface area (Å²) in [7, 11) is 0.761. The largest absolute Gasteiger partial charge is 0.208 e. The van der Waals surface area contributed by atoms with E-state index < -0.39 is 0 Å². The summed E-state index contributed by atoms with van der Waals surface area (Å²) in [6.45, 7) is 0. The van der Waals surface area contributed by atoms with E-state index in [0.29, 0.717) is 0 Å². The smallest absolute Gasteiger partial charge is 0.166 e. The van der Waals surface area contributed by atoms with Crippen molar-refractivity contribution in [1.82, 2.24) is 0 Å².